The summed E-state index contributed by atoms with van der Waals surface area (Å²) in [6.45, 7) is 1.65. The Morgan fingerprint density at radius 3 is 2.82 bits per heavy atom. The fourth-order valence-electron chi connectivity index (χ4n) is 2.64. The number of aliphatic hydroxyl groups is 2. The van der Waals surface area contributed by atoms with Gasteiger partial charge in [0.25, 0.3) is 5.56 Å². The van der Waals surface area contributed by atoms with Crippen molar-refractivity contribution < 1.29 is 10.2 Å². The normalized spacial score (nSPS) is 29.7. The van der Waals surface area contributed by atoms with Gasteiger partial charge in [-0.3, -0.25) is 14.3 Å². The van der Waals surface area contributed by atoms with Gasteiger partial charge in [0, 0.05) is 30.8 Å². The molecule has 0 radical (unpaired) electrons. The molecule has 0 aromatic carbocycles. The SMILES string of the molecule is CC(O)C1C(CO)CC1n1ccc(=O)[nH]c1=O. The van der Waals surface area contributed by atoms with E-state index in [1.54, 1.807) is 6.92 Å². The number of aromatic amines is 1. The molecule has 1 fully saturated rings. The van der Waals surface area contributed by atoms with Crippen molar-refractivity contribution in [1.29, 1.82) is 0 Å². The van der Waals surface area contributed by atoms with E-state index in [4.69, 9.17) is 5.11 Å². The molecule has 0 bridgehead atoms. The lowest BCUT2D eigenvalue weighted by atomic mass is 9.67. The van der Waals surface area contributed by atoms with Crippen LogP contribution in [0.2, 0.25) is 0 Å². The predicted octanol–water partition coefficient (Wildman–Crippen LogP) is -0.913. The quantitative estimate of drug-likeness (QED) is 0.637. The summed E-state index contributed by atoms with van der Waals surface area (Å²) >= 11 is 0. The van der Waals surface area contributed by atoms with Gasteiger partial charge >= 0.3 is 5.69 Å². The average molecular weight is 240 g/mol. The number of nitrogens with zero attached hydrogens (tertiary/aromatic N) is 1. The van der Waals surface area contributed by atoms with Gasteiger partial charge in [0.05, 0.1) is 6.10 Å². The molecular formula is C11H16N2O4. The number of rotatable bonds is 3. The topological polar surface area (TPSA) is 95.3 Å². The standard InChI is InChI=1S/C11H16N2O4/c1-6(15)10-7(5-14)4-8(10)13-3-2-9(16)12-11(13)17/h2-3,6-8,10,14-15H,4-5H2,1H3,(H,12,16,17). The van der Waals surface area contributed by atoms with E-state index in [9.17, 15) is 14.7 Å². The highest BCUT2D eigenvalue weighted by molar-refractivity contribution is 4.98. The zero-order chi connectivity index (χ0) is 12.6. The first-order valence-corrected chi connectivity index (χ1v) is 5.65. The molecule has 1 aliphatic carbocycles. The Hall–Kier alpha value is -1.40. The number of H-pyrrole nitrogens is 1. The molecule has 17 heavy (non-hydrogen) atoms. The molecule has 1 aromatic heterocycles. The van der Waals surface area contributed by atoms with Crippen LogP contribution in [-0.2, 0) is 0 Å². The molecule has 0 amide bonds. The van der Waals surface area contributed by atoms with E-state index in [0.29, 0.717) is 6.42 Å². The molecule has 94 valence electrons. The van der Waals surface area contributed by atoms with Gasteiger partial charge in [-0.25, -0.2) is 4.79 Å². The summed E-state index contributed by atoms with van der Waals surface area (Å²) in [5.74, 6) is -0.137. The van der Waals surface area contributed by atoms with E-state index in [-0.39, 0.29) is 24.5 Å². The molecule has 6 nitrogen and oxygen atoms in total. The Balaban J connectivity index is 2.29. The first-order chi connectivity index (χ1) is 8.04. The van der Waals surface area contributed by atoms with Crippen molar-refractivity contribution >= 4 is 0 Å². The van der Waals surface area contributed by atoms with Crippen LogP contribution in [0.1, 0.15) is 19.4 Å². The number of hydrogen-bond donors (Lipinski definition) is 3. The van der Waals surface area contributed by atoms with Gasteiger partial charge in [-0.2, -0.15) is 0 Å². The molecule has 1 heterocycles. The largest absolute Gasteiger partial charge is 0.396 e. The minimum atomic E-state index is -0.593. The van der Waals surface area contributed by atoms with Gasteiger partial charge in [0.2, 0.25) is 0 Å². The predicted molar refractivity (Wildman–Crippen MR) is 60.7 cm³/mol. The van der Waals surface area contributed by atoms with Crippen LogP contribution in [0.5, 0.6) is 0 Å². The van der Waals surface area contributed by atoms with E-state index >= 15 is 0 Å². The van der Waals surface area contributed by atoms with Crippen molar-refractivity contribution in [3.63, 3.8) is 0 Å². The lowest BCUT2D eigenvalue weighted by molar-refractivity contribution is -0.0492. The maximum absolute atomic E-state index is 11.6. The average Bonchev–Trinajstić information content (AvgIpc) is 2.19. The Bertz CT molecular complexity index is 505. The van der Waals surface area contributed by atoms with Gasteiger partial charge < -0.3 is 10.2 Å². The number of aromatic nitrogens is 2. The summed E-state index contributed by atoms with van der Waals surface area (Å²) in [7, 11) is 0. The second-order valence-corrected chi connectivity index (χ2v) is 4.58. The van der Waals surface area contributed by atoms with Crippen molar-refractivity contribution in [3.05, 3.63) is 33.1 Å². The molecule has 1 saturated carbocycles. The fraction of sp³-hybridized carbons (Fsp3) is 0.636. The first kappa shape index (κ1) is 12.1. The molecule has 0 aliphatic heterocycles. The van der Waals surface area contributed by atoms with E-state index in [1.807, 2.05) is 0 Å². The summed E-state index contributed by atoms with van der Waals surface area (Å²) in [5.41, 5.74) is -0.901. The summed E-state index contributed by atoms with van der Waals surface area (Å²) in [6, 6.07) is 1.13. The summed E-state index contributed by atoms with van der Waals surface area (Å²) in [5, 5.41) is 18.8. The lowest BCUT2D eigenvalue weighted by Crippen LogP contribution is -2.49. The third-order valence-electron chi connectivity index (χ3n) is 3.53. The van der Waals surface area contributed by atoms with Crippen LogP contribution in [0, 0.1) is 11.8 Å². The molecular weight excluding hydrogens is 224 g/mol. The zero-order valence-electron chi connectivity index (χ0n) is 9.54. The fourth-order valence-corrected chi connectivity index (χ4v) is 2.64. The van der Waals surface area contributed by atoms with Crippen molar-refractivity contribution in [3.8, 4) is 0 Å². The van der Waals surface area contributed by atoms with Crippen LogP contribution >= 0.6 is 0 Å². The molecule has 2 rings (SSSR count). The van der Waals surface area contributed by atoms with Crippen molar-refractivity contribution in [1.82, 2.24) is 9.55 Å². The van der Waals surface area contributed by atoms with Crippen LogP contribution < -0.4 is 11.2 Å². The van der Waals surface area contributed by atoms with Gasteiger partial charge in [-0.05, 0) is 19.3 Å². The van der Waals surface area contributed by atoms with Crippen molar-refractivity contribution in [2.24, 2.45) is 11.8 Å². The van der Waals surface area contributed by atoms with E-state index in [0.717, 1.165) is 0 Å². The number of aliphatic hydroxyl groups excluding tert-OH is 2. The Morgan fingerprint density at radius 2 is 2.29 bits per heavy atom. The molecule has 4 atom stereocenters. The molecule has 0 spiro atoms. The minimum absolute atomic E-state index is 0.00414. The Morgan fingerprint density at radius 1 is 1.59 bits per heavy atom. The molecule has 4 unspecified atom stereocenters. The molecule has 1 aromatic rings. The Labute approximate surface area is 97.5 Å². The second kappa shape index (κ2) is 4.46. The van der Waals surface area contributed by atoms with Gasteiger partial charge in [0.1, 0.15) is 0 Å². The highest BCUT2D eigenvalue weighted by atomic mass is 16.3. The minimum Gasteiger partial charge on any atom is -0.396 e. The molecule has 6 heteroatoms. The van der Waals surface area contributed by atoms with Crippen molar-refractivity contribution in [2.75, 3.05) is 6.61 Å². The van der Waals surface area contributed by atoms with Crippen LogP contribution in [0.25, 0.3) is 0 Å². The smallest absolute Gasteiger partial charge is 0.328 e. The summed E-state index contributed by atoms with van der Waals surface area (Å²) < 4.78 is 1.42. The monoisotopic (exact) mass is 240 g/mol. The second-order valence-electron chi connectivity index (χ2n) is 4.58. The zero-order valence-corrected chi connectivity index (χ0v) is 9.54. The highest BCUT2D eigenvalue weighted by Gasteiger charge is 2.44. The summed E-state index contributed by atoms with van der Waals surface area (Å²) in [4.78, 5) is 24.7. The van der Waals surface area contributed by atoms with Crippen LogP contribution in [-0.4, -0.2) is 32.5 Å². The van der Waals surface area contributed by atoms with Crippen LogP contribution in [0.3, 0.4) is 0 Å². The summed E-state index contributed by atoms with van der Waals surface area (Å²) in [6.07, 6.45) is 1.48. The van der Waals surface area contributed by atoms with E-state index in [2.05, 4.69) is 4.98 Å². The van der Waals surface area contributed by atoms with Crippen LogP contribution in [0.4, 0.5) is 0 Å². The van der Waals surface area contributed by atoms with Gasteiger partial charge in [-0.15, -0.1) is 0 Å². The number of hydrogen-bond acceptors (Lipinski definition) is 4. The van der Waals surface area contributed by atoms with E-state index < -0.39 is 17.4 Å². The highest BCUT2D eigenvalue weighted by Crippen LogP contribution is 2.44. The van der Waals surface area contributed by atoms with Gasteiger partial charge in [0.15, 0.2) is 0 Å². The number of nitrogens with one attached hydrogen (secondary N) is 1. The van der Waals surface area contributed by atoms with E-state index in [1.165, 1.54) is 16.8 Å². The van der Waals surface area contributed by atoms with Gasteiger partial charge in [-0.1, -0.05) is 0 Å². The Kier molecular flexibility index (Phi) is 3.17. The molecule has 0 saturated heterocycles. The van der Waals surface area contributed by atoms with Crippen LogP contribution in [0.15, 0.2) is 21.9 Å². The molecule has 3 N–H and O–H groups in total. The maximum atomic E-state index is 11.6. The third kappa shape index (κ3) is 2.05. The molecule has 1 aliphatic rings. The lowest BCUT2D eigenvalue weighted by Gasteiger charge is -2.46. The maximum Gasteiger partial charge on any atom is 0.328 e. The third-order valence-corrected chi connectivity index (χ3v) is 3.53. The first-order valence-electron chi connectivity index (χ1n) is 5.65. The van der Waals surface area contributed by atoms with Crippen molar-refractivity contribution in [2.45, 2.75) is 25.5 Å².